The highest BCUT2D eigenvalue weighted by atomic mass is 15.3. The summed E-state index contributed by atoms with van der Waals surface area (Å²) < 4.78 is 0. The number of nitrogens with zero attached hydrogens (tertiary/aromatic N) is 6. The van der Waals surface area contributed by atoms with Crippen LogP contribution in [0.25, 0.3) is 11.2 Å². The first-order chi connectivity index (χ1) is 9.81. The van der Waals surface area contributed by atoms with Gasteiger partial charge in [0.25, 0.3) is 0 Å². The normalized spacial score (nSPS) is 15.6. The fraction of sp³-hybridized carbons (Fsp3) is 0.308. The monoisotopic (exact) mass is 267 g/mol. The minimum absolute atomic E-state index is 0.389. The molecule has 0 unspecified atom stereocenters. The standard InChI is InChI=1S/C13H13N7/c1-8-2-3-10(17-16-8)20-6-9(7-20)11-12-13(19-18-11)15-5-4-14-12/h2-5,9H,6-7H2,1H3,(H,15,18,19). The van der Waals surface area contributed by atoms with Crippen molar-refractivity contribution in [1.82, 2.24) is 30.4 Å². The average Bonchev–Trinajstić information content (AvgIpc) is 2.84. The van der Waals surface area contributed by atoms with Crippen LogP contribution in [0.4, 0.5) is 5.82 Å². The van der Waals surface area contributed by atoms with Crippen LogP contribution in [0.15, 0.2) is 24.5 Å². The highest BCUT2D eigenvalue weighted by Crippen LogP contribution is 2.31. The third kappa shape index (κ3) is 1.70. The summed E-state index contributed by atoms with van der Waals surface area (Å²) >= 11 is 0. The van der Waals surface area contributed by atoms with E-state index in [1.54, 1.807) is 12.4 Å². The molecule has 0 saturated carbocycles. The van der Waals surface area contributed by atoms with Crippen molar-refractivity contribution in [3.8, 4) is 0 Å². The number of fused-ring (bicyclic) bond motifs is 1. The second-order valence-electron chi connectivity index (χ2n) is 5.00. The first-order valence-electron chi connectivity index (χ1n) is 6.51. The Morgan fingerprint density at radius 2 is 2.00 bits per heavy atom. The molecule has 1 aliphatic rings. The van der Waals surface area contributed by atoms with Crippen molar-refractivity contribution in [2.45, 2.75) is 12.8 Å². The van der Waals surface area contributed by atoms with E-state index in [1.807, 2.05) is 19.1 Å². The Bertz CT molecular complexity index is 743. The highest BCUT2D eigenvalue weighted by molar-refractivity contribution is 5.73. The first kappa shape index (κ1) is 11.3. The van der Waals surface area contributed by atoms with Crippen LogP contribution in [-0.4, -0.2) is 43.5 Å². The molecule has 0 aromatic carbocycles. The number of rotatable bonds is 2. The molecule has 0 atom stereocenters. The maximum Gasteiger partial charge on any atom is 0.199 e. The minimum atomic E-state index is 0.389. The molecule has 0 amide bonds. The van der Waals surface area contributed by atoms with Crippen molar-refractivity contribution >= 4 is 17.0 Å². The molecule has 4 rings (SSSR count). The lowest BCUT2D eigenvalue weighted by molar-refractivity contribution is 0.507. The topological polar surface area (TPSA) is 83.5 Å². The molecule has 7 nitrogen and oxygen atoms in total. The number of hydrogen-bond donors (Lipinski definition) is 1. The van der Waals surface area contributed by atoms with Crippen LogP contribution in [0.3, 0.4) is 0 Å². The summed E-state index contributed by atoms with van der Waals surface area (Å²) in [5.41, 5.74) is 3.54. The number of aryl methyl sites for hydroxylation is 1. The molecule has 0 spiro atoms. The Kier molecular flexibility index (Phi) is 2.38. The molecule has 0 aliphatic carbocycles. The lowest BCUT2D eigenvalue weighted by atomic mass is 9.96. The third-order valence-electron chi connectivity index (χ3n) is 3.61. The summed E-state index contributed by atoms with van der Waals surface area (Å²) in [6.45, 7) is 3.72. The van der Waals surface area contributed by atoms with Gasteiger partial charge in [0.15, 0.2) is 11.5 Å². The van der Waals surface area contributed by atoms with Crippen molar-refractivity contribution in [2.24, 2.45) is 0 Å². The molecule has 1 saturated heterocycles. The fourth-order valence-electron chi connectivity index (χ4n) is 2.46. The van der Waals surface area contributed by atoms with Crippen molar-refractivity contribution in [1.29, 1.82) is 0 Å². The van der Waals surface area contributed by atoms with Crippen molar-refractivity contribution in [3.63, 3.8) is 0 Å². The highest BCUT2D eigenvalue weighted by Gasteiger charge is 2.32. The van der Waals surface area contributed by atoms with Gasteiger partial charge in [-0.25, -0.2) is 9.97 Å². The van der Waals surface area contributed by atoms with Gasteiger partial charge in [0.1, 0.15) is 5.52 Å². The second kappa shape index (κ2) is 4.22. The Balaban J connectivity index is 1.55. The Labute approximate surface area is 115 Å². The summed E-state index contributed by atoms with van der Waals surface area (Å²) in [5.74, 6) is 1.31. The number of H-pyrrole nitrogens is 1. The molecule has 1 fully saturated rings. The van der Waals surface area contributed by atoms with E-state index in [9.17, 15) is 0 Å². The van der Waals surface area contributed by atoms with Crippen molar-refractivity contribution in [3.05, 3.63) is 35.9 Å². The quantitative estimate of drug-likeness (QED) is 0.747. The number of anilines is 1. The molecular formula is C13H13N7. The summed E-state index contributed by atoms with van der Waals surface area (Å²) in [6, 6.07) is 3.98. The van der Waals surface area contributed by atoms with E-state index >= 15 is 0 Å². The van der Waals surface area contributed by atoms with Gasteiger partial charge < -0.3 is 4.90 Å². The zero-order valence-electron chi connectivity index (χ0n) is 11.0. The molecule has 100 valence electrons. The van der Waals surface area contributed by atoms with E-state index in [2.05, 4.69) is 35.3 Å². The fourth-order valence-corrected chi connectivity index (χ4v) is 2.46. The number of hydrogen-bond acceptors (Lipinski definition) is 6. The molecule has 4 heterocycles. The van der Waals surface area contributed by atoms with Gasteiger partial charge in [0.05, 0.1) is 11.4 Å². The largest absolute Gasteiger partial charge is 0.354 e. The minimum Gasteiger partial charge on any atom is -0.354 e. The Morgan fingerprint density at radius 1 is 1.15 bits per heavy atom. The van der Waals surface area contributed by atoms with Crippen LogP contribution in [0.5, 0.6) is 0 Å². The van der Waals surface area contributed by atoms with E-state index in [1.165, 1.54) is 0 Å². The Hall–Kier alpha value is -2.57. The van der Waals surface area contributed by atoms with Crippen LogP contribution in [0.2, 0.25) is 0 Å². The summed E-state index contributed by atoms with van der Waals surface area (Å²) in [5, 5.41) is 15.5. The number of nitrogens with one attached hydrogen (secondary N) is 1. The first-order valence-corrected chi connectivity index (χ1v) is 6.51. The third-order valence-corrected chi connectivity index (χ3v) is 3.61. The van der Waals surface area contributed by atoms with Gasteiger partial charge in [-0.05, 0) is 19.1 Å². The van der Waals surface area contributed by atoms with Gasteiger partial charge in [-0.15, -0.1) is 5.10 Å². The van der Waals surface area contributed by atoms with E-state index in [-0.39, 0.29) is 0 Å². The molecule has 3 aromatic heterocycles. The summed E-state index contributed by atoms with van der Waals surface area (Å²) in [4.78, 5) is 10.7. The van der Waals surface area contributed by atoms with E-state index in [4.69, 9.17) is 0 Å². The molecular weight excluding hydrogens is 254 g/mol. The molecule has 0 bridgehead atoms. The molecule has 3 aromatic rings. The van der Waals surface area contributed by atoms with Crippen LogP contribution in [-0.2, 0) is 0 Å². The molecule has 0 radical (unpaired) electrons. The predicted octanol–water partition coefficient (Wildman–Crippen LogP) is 1.06. The zero-order valence-corrected chi connectivity index (χ0v) is 11.0. The van der Waals surface area contributed by atoms with Gasteiger partial charge in [0, 0.05) is 31.4 Å². The van der Waals surface area contributed by atoms with Gasteiger partial charge in [-0.2, -0.15) is 10.2 Å². The molecule has 7 heteroatoms. The summed E-state index contributed by atoms with van der Waals surface area (Å²) in [6.07, 6.45) is 3.35. The van der Waals surface area contributed by atoms with Gasteiger partial charge in [-0.3, -0.25) is 5.10 Å². The van der Waals surface area contributed by atoms with E-state index in [0.29, 0.717) is 11.6 Å². The van der Waals surface area contributed by atoms with Crippen LogP contribution in [0, 0.1) is 6.92 Å². The van der Waals surface area contributed by atoms with Crippen LogP contribution < -0.4 is 4.90 Å². The Morgan fingerprint density at radius 3 is 2.80 bits per heavy atom. The maximum atomic E-state index is 4.35. The van der Waals surface area contributed by atoms with Gasteiger partial charge in [-0.1, -0.05) is 0 Å². The number of aromatic nitrogens is 6. The SMILES string of the molecule is Cc1ccc(N2CC(c3[nH]nc4nccnc34)C2)nn1. The van der Waals surface area contributed by atoms with E-state index < -0.39 is 0 Å². The lowest BCUT2D eigenvalue weighted by Gasteiger charge is -2.39. The van der Waals surface area contributed by atoms with Crippen LogP contribution >= 0.6 is 0 Å². The smallest absolute Gasteiger partial charge is 0.199 e. The van der Waals surface area contributed by atoms with Crippen molar-refractivity contribution in [2.75, 3.05) is 18.0 Å². The maximum absolute atomic E-state index is 4.35. The predicted molar refractivity (Wildman–Crippen MR) is 73.4 cm³/mol. The second-order valence-corrected chi connectivity index (χ2v) is 5.00. The molecule has 1 N–H and O–H groups in total. The van der Waals surface area contributed by atoms with Crippen molar-refractivity contribution < 1.29 is 0 Å². The summed E-state index contributed by atoms with van der Waals surface area (Å²) in [7, 11) is 0. The zero-order chi connectivity index (χ0) is 13.5. The van der Waals surface area contributed by atoms with Gasteiger partial charge >= 0.3 is 0 Å². The van der Waals surface area contributed by atoms with E-state index in [0.717, 1.165) is 35.8 Å². The van der Waals surface area contributed by atoms with Gasteiger partial charge in [0.2, 0.25) is 0 Å². The molecule has 1 aliphatic heterocycles. The lowest BCUT2D eigenvalue weighted by Crippen LogP contribution is -2.45. The van der Waals surface area contributed by atoms with Crippen LogP contribution in [0.1, 0.15) is 17.3 Å². The molecule has 20 heavy (non-hydrogen) atoms. The average molecular weight is 267 g/mol. The number of aromatic amines is 1.